The highest BCUT2D eigenvalue weighted by atomic mass is 16.5. The molecule has 7 heteroatoms. The van der Waals surface area contributed by atoms with Gasteiger partial charge in [-0.05, 0) is 18.8 Å². The number of carbonyl (C=O) groups is 1. The number of piperidine rings is 1. The zero-order chi connectivity index (χ0) is 14.5. The van der Waals surface area contributed by atoms with Gasteiger partial charge in [0.2, 0.25) is 17.7 Å². The van der Waals surface area contributed by atoms with Crippen LogP contribution in [0.25, 0.3) is 0 Å². The molecule has 0 unspecified atom stereocenters. The van der Waals surface area contributed by atoms with Gasteiger partial charge in [-0.15, -0.1) is 0 Å². The Hall–Kier alpha value is -2.05. The third-order valence-corrected chi connectivity index (χ3v) is 3.40. The van der Waals surface area contributed by atoms with Gasteiger partial charge >= 0.3 is 0 Å². The first-order valence-electron chi connectivity index (χ1n) is 6.76. The van der Waals surface area contributed by atoms with Crippen molar-refractivity contribution < 1.29 is 9.53 Å². The lowest BCUT2D eigenvalue weighted by atomic mass is 9.98. The standard InChI is InChI=1S/C13H21N5O2/c1-9(19)15-7-10-4-3-5-18(8-10)11-6-12(20-2)17-13(14)16-11/h6,10H,3-5,7-8H2,1-2H3,(H,15,19)(H2,14,16,17)/t10-/m0/s1. The summed E-state index contributed by atoms with van der Waals surface area (Å²) in [6.45, 7) is 4.01. The minimum absolute atomic E-state index is 0.00933. The lowest BCUT2D eigenvalue weighted by molar-refractivity contribution is -0.119. The predicted molar refractivity (Wildman–Crippen MR) is 76.6 cm³/mol. The molecule has 0 spiro atoms. The highest BCUT2D eigenvalue weighted by molar-refractivity contribution is 5.72. The summed E-state index contributed by atoms with van der Waals surface area (Å²) in [7, 11) is 1.56. The molecule has 0 aliphatic carbocycles. The number of carbonyl (C=O) groups excluding carboxylic acids is 1. The van der Waals surface area contributed by atoms with E-state index < -0.39 is 0 Å². The Bertz CT molecular complexity index is 480. The van der Waals surface area contributed by atoms with Crippen LogP contribution in [0.5, 0.6) is 5.88 Å². The summed E-state index contributed by atoms with van der Waals surface area (Å²) in [5, 5.41) is 2.87. The van der Waals surface area contributed by atoms with Crippen LogP contribution in [0, 0.1) is 5.92 Å². The Balaban J connectivity index is 2.04. The Kier molecular flexibility index (Phi) is 4.60. The van der Waals surface area contributed by atoms with Crippen LogP contribution in [0.1, 0.15) is 19.8 Å². The maximum Gasteiger partial charge on any atom is 0.225 e. The number of ether oxygens (including phenoxy) is 1. The Morgan fingerprint density at radius 3 is 3.10 bits per heavy atom. The van der Waals surface area contributed by atoms with Crippen LogP contribution in [0.3, 0.4) is 0 Å². The summed E-state index contributed by atoms with van der Waals surface area (Å²) in [5.41, 5.74) is 5.69. The molecular weight excluding hydrogens is 258 g/mol. The molecule has 1 aliphatic rings. The monoisotopic (exact) mass is 279 g/mol. The van der Waals surface area contributed by atoms with Gasteiger partial charge in [0.25, 0.3) is 0 Å². The number of hydrogen-bond acceptors (Lipinski definition) is 6. The van der Waals surface area contributed by atoms with Gasteiger partial charge in [0.1, 0.15) is 5.82 Å². The number of rotatable bonds is 4. The fourth-order valence-corrected chi connectivity index (χ4v) is 2.42. The van der Waals surface area contributed by atoms with Crippen molar-refractivity contribution in [3.63, 3.8) is 0 Å². The highest BCUT2D eigenvalue weighted by Crippen LogP contribution is 2.24. The second-order valence-corrected chi connectivity index (χ2v) is 5.02. The Labute approximate surface area is 118 Å². The molecule has 3 N–H and O–H groups in total. The van der Waals surface area contributed by atoms with E-state index >= 15 is 0 Å². The molecule has 2 rings (SSSR count). The summed E-state index contributed by atoms with van der Waals surface area (Å²) in [6, 6.07) is 1.79. The van der Waals surface area contributed by atoms with Crippen molar-refractivity contribution in [2.24, 2.45) is 5.92 Å². The van der Waals surface area contributed by atoms with Gasteiger partial charge in [-0.25, -0.2) is 0 Å². The topological polar surface area (TPSA) is 93.4 Å². The molecule has 1 aromatic heterocycles. The molecule has 7 nitrogen and oxygen atoms in total. The van der Waals surface area contributed by atoms with Gasteiger partial charge < -0.3 is 20.7 Å². The maximum atomic E-state index is 11.0. The first kappa shape index (κ1) is 14.4. The Morgan fingerprint density at radius 2 is 2.40 bits per heavy atom. The van der Waals surface area contributed by atoms with Gasteiger partial charge in [0.05, 0.1) is 7.11 Å². The largest absolute Gasteiger partial charge is 0.481 e. The van der Waals surface area contributed by atoms with E-state index in [1.54, 1.807) is 13.2 Å². The van der Waals surface area contributed by atoms with E-state index in [4.69, 9.17) is 10.5 Å². The van der Waals surface area contributed by atoms with Gasteiger partial charge in [0.15, 0.2) is 0 Å². The average Bonchev–Trinajstić information content (AvgIpc) is 2.44. The van der Waals surface area contributed by atoms with Crippen molar-refractivity contribution in [1.82, 2.24) is 15.3 Å². The number of anilines is 2. The highest BCUT2D eigenvalue weighted by Gasteiger charge is 2.22. The number of nitrogen functional groups attached to an aromatic ring is 1. The van der Waals surface area contributed by atoms with Crippen LogP contribution in [0.4, 0.5) is 11.8 Å². The number of methoxy groups -OCH3 is 1. The summed E-state index contributed by atoms with van der Waals surface area (Å²) >= 11 is 0. The van der Waals surface area contributed by atoms with E-state index in [-0.39, 0.29) is 11.9 Å². The first-order chi connectivity index (χ1) is 9.58. The van der Waals surface area contributed by atoms with Crippen molar-refractivity contribution in [3.05, 3.63) is 6.07 Å². The van der Waals surface area contributed by atoms with Crippen LogP contribution in [0.2, 0.25) is 0 Å². The molecule has 0 saturated carbocycles. The van der Waals surface area contributed by atoms with Crippen LogP contribution in [-0.2, 0) is 4.79 Å². The van der Waals surface area contributed by atoms with Crippen LogP contribution in [-0.4, -0.2) is 42.6 Å². The zero-order valence-corrected chi connectivity index (χ0v) is 11.9. The third-order valence-electron chi connectivity index (χ3n) is 3.40. The summed E-state index contributed by atoms with van der Waals surface area (Å²) < 4.78 is 5.12. The number of nitrogens with zero attached hydrogens (tertiary/aromatic N) is 3. The molecule has 0 aromatic carbocycles. The molecule has 1 aromatic rings. The molecular formula is C13H21N5O2. The van der Waals surface area contributed by atoms with Gasteiger partial charge in [0, 0.05) is 32.6 Å². The first-order valence-corrected chi connectivity index (χ1v) is 6.76. The average molecular weight is 279 g/mol. The zero-order valence-electron chi connectivity index (χ0n) is 11.9. The minimum atomic E-state index is 0.00933. The quantitative estimate of drug-likeness (QED) is 0.829. The smallest absolute Gasteiger partial charge is 0.225 e. The maximum absolute atomic E-state index is 11.0. The molecule has 0 bridgehead atoms. The van der Waals surface area contributed by atoms with Crippen LogP contribution < -0.4 is 20.7 Å². The van der Waals surface area contributed by atoms with E-state index in [9.17, 15) is 4.79 Å². The molecule has 1 aliphatic heterocycles. The summed E-state index contributed by atoms with van der Waals surface area (Å²) in [5.74, 6) is 1.90. The molecule has 2 heterocycles. The number of aromatic nitrogens is 2. The van der Waals surface area contributed by atoms with E-state index in [2.05, 4.69) is 20.2 Å². The van der Waals surface area contributed by atoms with Crippen molar-refractivity contribution in [2.45, 2.75) is 19.8 Å². The molecule has 110 valence electrons. The van der Waals surface area contributed by atoms with Crippen molar-refractivity contribution >= 4 is 17.7 Å². The molecule has 20 heavy (non-hydrogen) atoms. The third kappa shape index (κ3) is 3.72. The molecule has 1 atom stereocenters. The van der Waals surface area contributed by atoms with Gasteiger partial charge in [-0.2, -0.15) is 9.97 Å². The normalized spacial score (nSPS) is 18.7. The molecule has 1 saturated heterocycles. The van der Waals surface area contributed by atoms with Gasteiger partial charge in [-0.1, -0.05) is 0 Å². The SMILES string of the molecule is COc1cc(N2CCC[C@@H](CNC(C)=O)C2)nc(N)n1. The Morgan fingerprint density at radius 1 is 1.60 bits per heavy atom. The molecule has 0 radical (unpaired) electrons. The summed E-state index contributed by atoms with van der Waals surface area (Å²) in [4.78, 5) is 21.4. The number of amides is 1. The lowest BCUT2D eigenvalue weighted by Crippen LogP contribution is -2.41. The van der Waals surface area contributed by atoms with Crippen LogP contribution >= 0.6 is 0 Å². The number of nitrogens with one attached hydrogen (secondary N) is 1. The van der Waals surface area contributed by atoms with Crippen molar-refractivity contribution in [3.8, 4) is 5.88 Å². The second-order valence-electron chi connectivity index (χ2n) is 5.02. The van der Waals surface area contributed by atoms with Crippen LogP contribution in [0.15, 0.2) is 6.07 Å². The minimum Gasteiger partial charge on any atom is -0.481 e. The number of nitrogens with two attached hydrogens (primary N) is 1. The second kappa shape index (κ2) is 6.40. The van der Waals surface area contributed by atoms with E-state index in [0.717, 1.165) is 31.7 Å². The fraction of sp³-hybridized carbons (Fsp3) is 0.615. The fourth-order valence-electron chi connectivity index (χ4n) is 2.42. The lowest BCUT2D eigenvalue weighted by Gasteiger charge is -2.33. The van der Waals surface area contributed by atoms with E-state index in [1.807, 2.05) is 0 Å². The van der Waals surface area contributed by atoms with E-state index in [1.165, 1.54) is 6.92 Å². The molecule has 1 fully saturated rings. The number of hydrogen-bond donors (Lipinski definition) is 2. The molecule has 1 amide bonds. The van der Waals surface area contributed by atoms with Gasteiger partial charge in [-0.3, -0.25) is 4.79 Å². The van der Waals surface area contributed by atoms with Crippen molar-refractivity contribution in [1.29, 1.82) is 0 Å². The van der Waals surface area contributed by atoms with Crippen molar-refractivity contribution in [2.75, 3.05) is 37.4 Å². The summed E-state index contributed by atoms with van der Waals surface area (Å²) in [6.07, 6.45) is 2.17. The van der Waals surface area contributed by atoms with E-state index in [0.29, 0.717) is 18.3 Å². The predicted octanol–water partition coefficient (Wildman–Crippen LogP) is 0.420.